The van der Waals surface area contributed by atoms with Crippen LogP contribution < -0.4 is 0 Å². The van der Waals surface area contributed by atoms with Crippen LogP contribution in [0.15, 0.2) is 20.8 Å². The van der Waals surface area contributed by atoms with Gasteiger partial charge >= 0.3 is 88.1 Å². The van der Waals surface area contributed by atoms with E-state index in [0.717, 1.165) is 4.47 Å². The Kier molecular flexibility index (Phi) is 3.53. The molecule has 0 fully saturated rings. The Hall–Kier alpha value is 0.116. The van der Waals surface area contributed by atoms with Gasteiger partial charge in [0.15, 0.2) is 0 Å². The molecule has 0 aliphatic heterocycles. The van der Waals surface area contributed by atoms with Crippen LogP contribution in [0.3, 0.4) is 0 Å². The van der Waals surface area contributed by atoms with Crippen LogP contribution >= 0.6 is 0 Å². The third-order valence-electron chi connectivity index (χ3n) is 3.69. The van der Waals surface area contributed by atoms with Crippen LogP contribution in [-0.4, -0.2) is 16.2 Å². The van der Waals surface area contributed by atoms with Crippen LogP contribution in [0.4, 0.5) is 0 Å². The van der Waals surface area contributed by atoms with E-state index in [2.05, 4.69) is 40.1 Å². The first-order valence-corrected chi connectivity index (χ1v) is 10.3. The van der Waals surface area contributed by atoms with Gasteiger partial charge in [-0.25, -0.2) is 0 Å². The molecule has 13 heavy (non-hydrogen) atoms. The van der Waals surface area contributed by atoms with Gasteiger partial charge in [0.1, 0.15) is 0 Å². The monoisotopic (exact) mass is 234 g/mol. The zero-order valence-electron chi connectivity index (χ0n) is 9.86. The van der Waals surface area contributed by atoms with Crippen LogP contribution in [0.5, 0.6) is 0 Å². The van der Waals surface area contributed by atoms with Crippen molar-refractivity contribution in [1.29, 1.82) is 0 Å². The standard InChI is InChI=1S/C8H11.C3H7.CH3.Ga/c1-6-4-5-7(2)8(6)3;1-3-2;;/h4H2,1-3H3;3H,1-2H3;1H3;. The van der Waals surface area contributed by atoms with Crippen LogP contribution in [-0.2, 0) is 0 Å². The zero-order valence-corrected chi connectivity index (χ0v) is 12.3. The summed E-state index contributed by atoms with van der Waals surface area (Å²) >= 11 is -1.10. The molecule has 1 aliphatic carbocycles. The Morgan fingerprint density at radius 2 is 1.62 bits per heavy atom. The molecule has 0 atom stereocenters. The maximum atomic E-state index is 2.54. The Labute approximate surface area is 88.1 Å². The molecule has 1 aliphatic rings. The van der Waals surface area contributed by atoms with Crippen LogP contribution in [0, 0.1) is 0 Å². The average molecular weight is 235 g/mol. The molecule has 0 aromatic heterocycles. The first kappa shape index (κ1) is 11.2. The number of hydrogen-bond acceptors (Lipinski definition) is 0. The van der Waals surface area contributed by atoms with Gasteiger partial charge in [-0.1, -0.05) is 0 Å². The van der Waals surface area contributed by atoms with Crippen LogP contribution in [0.25, 0.3) is 0 Å². The Bertz CT molecular complexity index is 269. The normalized spacial score (nSPS) is 17.8. The van der Waals surface area contributed by atoms with Gasteiger partial charge in [0, 0.05) is 0 Å². The van der Waals surface area contributed by atoms with Crippen molar-refractivity contribution < 1.29 is 0 Å². The summed E-state index contributed by atoms with van der Waals surface area (Å²) in [5.74, 6) is 0. The number of hydrogen-bond donors (Lipinski definition) is 0. The minimum atomic E-state index is -1.10. The molecule has 0 saturated carbocycles. The summed E-state index contributed by atoms with van der Waals surface area (Å²) in [5.41, 5.74) is 7.38. The SMILES string of the molecule is CC1=C(C)C(C)=[C]([Ga]([CH3])[CH](C)C)C1. The molecule has 0 unspecified atom stereocenters. The van der Waals surface area contributed by atoms with Crippen molar-refractivity contribution in [3.8, 4) is 0 Å². The summed E-state index contributed by atoms with van der Waals surface area (Å²) < 4.78 is 2.81. The van der Waals surface area contributed by atoms with Gasteiger partial charge in [0.25, 0.3) is 0 Å². The summed E-state index contributed by atoms with van der Waals surface area (Å²) in [6.45, 7) is 11.7. The summed E-state index contributed by atoms with van der Waals surface area (Å²) in [5, 5.41) is 0. The fraction of sp³-hybridized carbons (Fsp3) is 0.667. The summed E-state index contributed by atoms with van der Waals surface area (Å²) in [6, 6.07) is 0. The summed E-state index contributed by atoms with van der Waals surface area (Å²) in [6.07, 6.45) is 1.30. The number of allylic oxidation sites excluding steroid dienone is 4. The van der Waals surface area contributed by atoms with Gasteiger partial charge in [-0.3, -0.25) is 0 Å². The molecule has 0 bridgehead atoms. The molecule has 0 heterocycles. The van der Waals surface area contributed by atoms with E-state index in [1.54, 1.807) is 16.7 Å². The fourth-order valence-corrected chi connectivity index (χ4v) is 6.91. The molecule has 0 saturated heterocycles. The van der Waals surface area contributed by atoms with Crippen molar-refractivity contribution in [2.75, 3.05) is 0 Å². The van der Waals surface area contributed by atoms with E-state index >= 15 is 0 Å². The molecular weight excluding hydrogens is 214 g/mol. The van der Waals surface area contributed by atoms with Gasteiger partial charge < -0.3 is 0 Å². The third kappa shape index (κ3) is 2.13. The minimum absolute atomic E-state index is 0.955. The summed E-state index contributed by atoms with van der Waals surface area (Å²) in [4.78, 5) is 0. The van der Waals surface area contributed by atoms with Gasteiger partial charge in [-0.05, 0) is 0 Å². The fourth-order valence-electron chi connectivity index (χ4n) is 2.02. The van der Waals surface area contributed by atoms with E-state index in [4.69, 9.17) is 0 Å². The molecule has 0 N–H and O–H groups in total. The average Bonchev–Trinajstić information content (AvgIpc) is 2.31. The van der Waals surface area contributed by atoms with E-state index in [9.17, 15) is 0 Å². The van der Waals surface area contributed by atoms with E-state index in [0.29, 0.717) is 0 Å². The van der Waals surface area contributed by atoms with Crippen molar-refractivity contribution >= 4 is 16.2 Å². The molecule has 0 aromatic carbocycles. The molecule has 0 spiro atoms. The van der Waals surface area contributed by atoms with Crippen molar-refractivity contribution in [1.82, 2.24) is 0 Å². The second-order valence-corrected chi connectivity index (χ2v) is 12.3. The topological polar surface area (TPSA) is 0 Å². The van der Waals surface area contributed by atoms with Gasteiger partial charge in [-0.15, -0.1) is 0 Å². The molecule has 72 valence electrons. The van der Waals surface area contributed by atoms with Crippen molar-refractivity contribution in [2.24, 2.45) is 0 Å². The van der Waals surface area contributed by atoms with Crippen LogP contribution in [0.1, 0.15) is 41.0 Å². The zero-order chi connectivity index (χ0) is 10.2. The second kappa shape index (κ2) is 4.10. The third-order valence-corrected chi connectivity index (χ3v) is 11.5. The van der Waals surface area contributed by atoms with E-state index in [1.165, 1.54) is 6.42 Å². The van der Waals surface area contributed by atoms with Gasteiger partial charge in [-0.2, -0.15) is 0 Å². The van der Waals surface area contributed by atoms with E-state index in [1.807, 2.05) is 4.13 Å². The van der Waals surface area contributed by atoms with Crippen LogP contribution in [0.2, 0.25) is 9.95 Å². The Balaban J connectivity index is 2.88. The Morgan fingerprint density at radius 1 is 1.08 bits per heavy atom. The Morgan fingerprint density at radius 3 is 1.92 bits per heavy atom. The van der Waals surface area contributed by atoms with Crippen molar-refractivity contribution in [2.45, 2.75) is 51.0 Å². The van der Waals surface area contributed by atoms with Crippen molar-refractivity contribution in [3.63, 3.8) is 0 Å². The number of rotatable bonds is 2. The van der Waals surface area contributed by atoms with Gasteiger partial charge in [0.2, 0.25) is 0 Å². The molecule has 0 radical (unpaired) electrons. The molecule has 1 heteroatoms. The molecule has 1 rings (SSSR count). The van der Waals surface area contributed by atoms with Gasteiger partial charge in [0.05, 0.1) is 0 Å². The molecule has 0 nitrogen and oxygen atoms in total. The maximum absolute atomic E-state index is 2.54. The molecular formula is C12H21Ga. The second-order valence-electron chi connectivity index (χ2n) is 4.77. The van der Waals surface area contributed by atoms with E-state index < -0.39 is 16.2 Å². The predicted octanol–water partition coefficient (Wildman–Crippen LogP) is 4.12. The summed E-state index contributed by atoms with van der Waals surface area (Å²) in [7, 11) is 0. The predicted molar refractivity (Wildman–Crippen MR) is 62.4 cm³/mol. The van der Waals surface area contributed by atoms with Crippen molar-refractivity contribution in [3.05, 3.63) is 20.8 Å². The first-order chi connectivity index (χ1) is 5.95. The molecule has 0 aromatic rings. The van der Waals surface area contributed by atoms with E-state index in [-0.39, 0.29) is 0 Å². The molecule has 0 amide bonds. The first-order valence-electron chi connectivity index (χ1n) is 5.31. The quantitative estimate of drug-likeness (QED) is 0.631.